The third-order valence-electron chi connectivity index (χ3n) is 3.93. The van der Waals surface area contributed by atoms with Crippen molar-refractivity contribution in [2.24, 2.45) is 0 Å². The smallest absolute Gasteiger partial charge is 0.119 e. The Kier molecular flexibility index (Phi) is 3.99. The largest absolute Gasteiger partial charge is 0.465 e. The Morgan fingerprint density at radius 3 is 3.13 bits per heavy atom. The normalized spacial score (nSPS) is 17.3. The van der Waals surface area contributed by atoms with Gasteiger partial charge in [0, 0.05) is 17.5 Å². The summed E-state index contributed by atoms with van der Waals surface area (Å²) in [5.41, 5.74) is 3.11. The fourth-order valence-electron chi connectivity index (χ4n) is 2.75. The van der Waals surface area contributed by atoms with Crippen LogP contribution in [0.3, 0.4) is 0 Å². The van der Waals surface area contributed by atoms with Crippen molar-refractivity contribution in [1.29, 1.82) is 0 Å². The van der Waals surface area contributed by atoms with Gasteiger partial charge in [-0.1, -0.05) is 5.21 Å². The van der Waals surface area contributed by atoms with Crippen molar-refractivity contribution in [3.63, 3.8) is 0 Å². The van der Waals surface area contributed by atoms with E-state index in [1.807, 2.05) is 29.1 Å². The zero-order chi connectivity index (χ0) is 15.6. The highest BCUT2D eigenvalue weighted by Gasteiger charge is 2.24. The molecular formula is C16H18N4O2S. The lowest BCUT2D eigenvalue weighted by molar-refractivity contribution is 0.00106. The van der Waals surface area contributed by atoms with Gasteiger partial charge >= 0.3 is 0 Å². The van der Waals surface area contributed by atoms with Crippen molar-refractivity contribution >= 4 is 11.3 Å². The van der Waals surface area contributed by atoms with Crippen molar-refractivity contribution in [3.05, 3.63) is 46.2 Å². The summed E-state index contributed by atoms with van der Waals surface area (Å²) in [5, 5.41) is 16.1. The van der Waals surface area contributed by atoms with Crippen LogP contribution in [0.4, 0.5) is 0 Å². The van der Waals surface area contributed by atoms with Crippen molar-refractivity contribution in [3.8, 4) is 11.3 Å². The number of nitrogens with zero attached hydrogens (tertiary/aromatic N) is 3. The van der Waals surface area contributed by atoms with Gasteiger partial charge in [-0.3, -0.25) is 0 Å². The molecule has 0 aliphatic carbocycles. The van der Waals surface area contributed by atoms with Crippen LogP contribution in [-0.2, 0) is 24.4 Å². The molecule has 120 valence electrons. The number of nitrogens with one attached hydrogen (secondary N) is 1. The molecule has 1 aliphatic rings. The number of hydrogen-bond acceptors (Lipinski definition) is 6. The van der Waals surface area contributed by atoms with E-state index in [1.54, 1.807) is 11.3 Å². The van der Waals surface area contributed by atoms with Crippen LogP contribution in [0.5, 0.6) is 0 Å². The van der Waals surface area contributed by atoms with Crippen LogP contribution in [0.15, 0.2) is 33.4 Å². The maximum absolute atomic E-state index is 5.95. The maximum Gasteiger partial charge on any atom is 0.119 e. The Morgan fingerprint density at radius 2 is 2.35 bits per heavy atom. The average molecular weight is 330 g/mol. The number of thiophene rings is 1. The van der Waals surface area contributed by atoms with Gasteiger partial charge in [-0.15, -0.1) is 5.10 Å². The fourth-order valence-corrected chi connectivity index (χ4v) is 3.39. The molecule has 1 N–H and O–H groups in total. The molecule has 3 aromatic rings. The zero-order valence-electron chi connectivity index (χ0n) is 12.9. The molecule has 1 atom stereocenters. The van der Waals surface area contributed by atoms with E-state index in [9.17, 15) is 0 Å². The van der Waals surface area contributed by atoms with Gasteiger partial charge in [-0.2, -0.15) is 11.3 Å². The van der Waals surface area contributed by atoms with Crippen LogP contribution in [0, 0.1) is 6.92 Å². The van der Waals surface area contributed by atoms with Crippen molar-refractivity contribution in [2.75, 3.05) is 6.54 Å². The van der Waals surface area contributed by atoms with Crippen molar-refractivity contribution in [2.45, 2.75) is 32.7 Å². The van der Waals surface area contributed by atoms with Gasteiger partial charge in [-0.05, 0) is 30.5 Å². The Balaban J connectivity index is 1.36. The number of furan rings is 1. The summed E-state index contributed by atoms with van der Waals surface area (Å²) >= 11 is 1.66. The average Bonchev–Trinajstić information content (AvgIpc) is 3.27. The van der Waals surface area contributed by atoms with Crippen LogP contribution >= 0.6 is 11.3 Å². The molecule has 0 fully saturated rings. The van der Waals surface area contributed by atoms with E-state index < -0.39 is 0 Å². The molecule has 3 aromatic heterocycles. The van der Waals surface area contributed by atoms with Gasteiger partial charge in [0.05, 0.1) is 31.5 Å². The van der Waals surface area contributed by atoms with E-state index in [0.29, 0.717) is 13.2 Å². The minimum absolute atomic E-state index is 0.0931. The molecule has 0 amide bonds. The summed E-state index contributed by atoms with van der Waals surface area (Å²) in [7, 11) is 0. The summed E-state index contributed by atoms with van der Waals surface area (Å²) in [6.45, 7) is 4.68. The van der Waals surface area contributed by atoms with Crippen molar-refractivity contribution in [1.82, 2.24) is 20.3 Å². The monoisotopic (exact) mass is 330 g/mol. The van der Waals surface area contributed by atoms with Crippen LogP contribution in [-0.4, -0.2) is 27.6 Å². The highest BCUT2D eigenvalue weighted by molar-refractivity contribution is 7.08. The molecule has 0 aromatic carbocycles. The molecule has 7 heteroatoms. The number of fused-ring (bicyclic) bond motifs is 1. The minimum atomic E-state index is 0.0931. The molecule has 6 nitrogen and oxygen atoms in total. The first-order chi connectivity index (χ1) is 11.3. The fraction of sp³-hybridized carbons (Fsp3) is 0.375. The second-order valence-corrected chi connectivity index (χ2v) is 6.44. The zero-order valence-corrected chi connectivity index (χ0v) is 13.7. The number of hydrogen-bond donors (Lipinski definition) is 1. The second kappa shape index (κ2) is 6.27. The number of aryl methyl sites for hydroxylation is 1. The third kappa shape index (κ3) is 3.08. The van der Waals surface area contributed by atoms with E-state index in [2.05, 4.69) is 27.1 Å². The molecule has 0 spiro atoms. The Hall–Kier alpha value is -1.96. The second-order valence-electron chi connectivity index (χ2n) is 5.66. The van der Waals surface area contributed by atoms with E-state index in [0.717, 1.165) is 41.6 Å². The quantitative estimate of drug-likeness (QED) is 0.779. The Labute approximate surface area is 138 Å². The van der Waals surface area contributed by atoms with Gasteiger partial charge in [-0.25, -0.2) is 4.68 Å². The maximum atomic E-state index is 5.95. The number of ether oxygens (including phenoxy) is 1. The summed E-state index contributed by atoms with van der Waals surface area (Å²) in [4.78, 5) is 0. The first-order valence-electron chi connectivity index (χ1n) is 7.62. The van der Waals surface area contributed by atoms with E-state index >= 15 is 0 Å². The lowest BCUT2D eigenvalue weighted by Crippen LogP contribution is -2.36. The van der Waals surface area contributed by atoms with Crippen LogP contribution in [0.25, 0.3) is 11.3 Å². The van der Waals surface area contributed by atoms with Gasteiger partial charge in [0.2, 0.25) is 0 Å². The molecule has 0 unspecified atom stereocenters. The molecule has 0 saturated carbocycles. The van der Waals surface area contributed by atoms with Crippen LogP contribution < -0.4 is 5.32 Å². The van der Waals surface area contributed by atoms with Crippen LogP contribution in [0.2, 0.25) is 0 Å². The topological polar surface area (TPSA) is 65.1 Å². The predicted molar refractivity (Wildman–Crippen MR) is 87.1 cm³/mol. The molecular weight excluding hydrogens is 312 g/mol. The molecule has 23 heavy (non-hydrogen) atoms. The molecule has 1 aliphatic heterocycles. The first kappa shape index (κ1) is 14.6. The van der Waals surface area contributed by atoms with Gasteiger partial charge < -0.3 is 14.5 Å². The molecule has 0 saturated heterocycles. The number of rotatable bonds is 5. The lowest BCUT2D eigenvalue weighted by Gasteiger charge is -2.24. The van der Waals surface area contributed by atoms with Gasteiger partial charge in [0.15, 0.2) is 0 Å². The Morgan fingerprint density at radius 1 is 1.39 bits per heavy atom. The standard InChI is InChI=1S/C16H18N4O2S/c1-11-2-3-13(22-11)6-17-7-14-8-20-15(9-21-14)16(18-19-20)12-4-5-23-10-12/h2-5,10,14,17H,6-9H2,1H3/t14-/m0/s1. The van der Waals surface area contributed by atoms with E-state index in [1.165, 1.54) is 0 Å². The molecule has 0 radical (unpaired) electrons. The van der Waals surface area contributed by atoms with Crippen LogP contribution in [0.1, 0.15) is 17.2 Å². The van der Waals surface area contributed by atoms with Crippen molar-refractivity contribution < 1.29 is 9.15 Å². The first-order valence-corrected chi connectivity index (χ1v) is 8.56. The predicted octanol–water partition coefficient (Wildman–Crippen LogP) is 2.60. The third-order valence-corrected chi connectivity index (χ3v) is 4.62. The molecule has 0 bridgehead atoms. The van der Waals surface area contributed by atoms with E-state index in [-0.39, 0.29) is 6.10 Å². The minimum Gasteiger partial charge on any atom is -0.465 e. The Bertz CT molecular complexity index is 778. The summed E-state index contributed by atoms with van der Waals surface area (Å²) in [5.74, 6) is 1.88. The summed E-state index contributed by atoms with van der Waals surface area (Å²) < 4.78 is 13.5. The van der Waals surface area contributed by atoms with Gasteiger partial charge in [0.1, 0.15) is 17.2 Å². The SMILES string of the molecule is Cc1ccc(CNC[C@H]2Cn3nnc(-c4ccsc4)c3CO2)o1. The highest BCUT2D eigenvalue weighted by atomic mass is 32.1. The summed E-state index contributed by atoms with van der Waals surface area (Å²) in [6.07, 6.45) is 0.0931. The summed E-state index contributed by atoms with van der Waals surface area (Å²) in [6, 6.07) is 6.03. The van der Waals surface area contributed by atoms with E-state index in [4.69, 9.17) is 9.15 Å². The number of aromatic nitrogens is 3. The molecule has 4 heterocycles. The highest BCUT2D eigenvalue weighted by Crippen LogP contribution is 2.26. The lowest BCUT2D eigenvalue weighted by atomic mass is 10.2. The molecule has 4 rings (SSSR count). The van der Waals surface area contributed by atoms with Gasteiger partial charge in [0.25, 0.3) is 0 Å².